The summed E-state index contributed by atoms with van der Waals surface area (Å²) in [6, 6.07) is 0. The minimum absolute atomic E-state index is 0.333. The Labute approximate surface area is 76.6 Å². The Kier molecular flexibility index (Phi) is 7.51. The number of rotatable bonds is 7. The summed E-state index contributed by atoms with van der Waals surface area (Å²) in [5.74, 6) is 0.676. The Bertz CT molecular complexity index is 91.8. The van der Waals surface area contributed by atoms with Gasteiger partial charge in [-0.2, -0.15) is 0 Å². The monoisotopic (exact) mass is 173 g/mol. The molecule has 0 aromatic heterocycles. The zero-order valence-electron chi connectivity index (χ0n) is 8.71. The standard InChI is InChI=1S/C10H23NO/c1-4-10(7-8-12)9-11(5-2)6-3/h10,12H,4-9H2,1-3H3. The Morgan fingerprint density at radius 2 is 1.75 bits per heavy atom. The second-order valence-corrected chi connectivity index (χ2v) is 3.27. The molecule has 1 N–H and O–H groups in total. The fourth-order valence-electron chi connectivity index (χ4n) is 1.45. The fraction of sp³-hybridized carbons (Fsp3) is 1.00. The molecule has 2 nitrogen and oxygen atoms in total. The lowest BCUT2D eigenvalue weighted by atomic mass is 10.0. The van der Waals surface area contributed by atoms with Gasteiger partial charge in [0.25, 0.3) is 0 Å². The molecule has 0 spiro atoms. The topological polar surface area (TPSA) is 23.5 Å². The van der Waals surface area contributed by atoms with Gasteiger partial charge in [-0.1, -0.05) is 27.2 Å². The molecule has 0 aliphatic carbocycles. The van der Waals surface area contributed by atoms with Crippen molar-refractivity contribution in [2.75, 3.05) is 26.2 Å². The van der Waals surface area contributed by atoms with E-state index in [1.165, 1.54) is 6.42 Å². The van der Waals surface area contributed by atoms with Gasteiger partial charge in [0.1, 0.15) is 0 Å². The molecule has 0 saturated heterocycles. The highest BCUT2D eigenvalue weighted by Crippen LogP contribution is 2.09. The summed E-state index contributed by atoms with van der Waals surface area (Å²) in [6.07, 6.45) is 2.13. The summed E-state index contributed by atoms with van der Waals surface area (Å²) in [7, 11) is 0. The van der Waals surface area contributed by atoms with Crippen molar-refractivity contribution in [1.29, 1.82) is 0 Å². The van der Waals surface area contributed by atoms with Crippen LogP contribution in [0.25, 0.3) is 0 Å². The lowest BCUT2D eigenvalue weighted by molar-refractivity contribution is 0.201. The fourth-order valence-corrected chi connectivity index (χ4v) is 1.45. The summed E-state index contributed by atoms with van der Waals surface area (Å²) in [5.41, 5.74) is 0. The number of hydrogen-bond donors (Lipinski definition) is 1. The van der Waals surface area contributed by atoms with E-state index in [2.05, 4.69) is 25.7 Å². The molecule has 0 fully saturated rings. The average molecular weight is 173 g/mol. The van der Waals surface area contributed by atoms with Crippen LogP contribution < -0.4 is 0 Å². The third-order valence-electron chi connectivity index (χ3n) is 2.53. The molecule has 0 rings (SSSR count). The van der Waals surface area contributed by atoms with E-state index < -0.39 is 0 Å². The van der Waals surface area contributed by atoms with E-state index in [-0.39, 0.29) is 0 Å². The maximum absolute atomic E-state index is 8.81. The van der Waals surface area contributed by atoms with Gasteiger partial charge in [-0.15, -0.1) is 0 Å². The van der Waals surface area contributed by atoms with Crippen molar-refractivity contribution >= 4 is 0 Å². The number of aliphatic hydroxyl groups excluding tert-OH is 1. The Morgan fingerprint density at radius 3 is 2.08 bits per heavy atom. The van der Waals surface area contributed by atoms with Crippen LogP contribution in [-0.4, -0.2) is 36.2 Å². The van der Waals surface area contributed by atoms with Gasteiger partial charge in [0.15, 0.2) is 0 Å². The molecular weight excluding hydrogens is 150 g/mol. The van der Waals surface area contributed by atoms with Gasteiger partial charge in [-0.25, -0.2) is 0 Å². The van der Waals surface area contributed by atoms with E-state index in [0.29, 0.717) is 12.5 Å². The van der Waals surface area contributed by atoms with E-state index in [1.54, 1.807) is 0 Å². The van der Waals surface area contributed by atoms with Gasteiger partial charge in [0.05, 0.1) is 0 Å². The van der Waals surface area contributed by atoms with Crippen molar-refractivity contribution in [3.05, 3.63) is 0 Å². The van der Waals surface area contributed by atoms with Crippen LogP contribution in [0.5, 0.6) is 0 Å². The van der Waals surface area contributed by atoms with E-state index >= 15 is 0 Å². The Balaban J connectivity index is 3.65. The van der Waals surface area contributed by atoms with Crippen molar-refractivity contribution in [3.8, 4) is 0 Å². The first kappa shape index (κ1) is 11.9. The van der Waals surface area contributed by atoms with E-state index in [1.807, 2.05) is 0 Å². The minimum Gasteiger partial charge on any atom is -0.396 e. The molecule has 1 unspecified atom stereocenters. The van der Waals surface area contributed by atoms with Crippen LogP contribution >= 0.6 is 0 Å². The predicted octanol–water partition coefficient (Wildman–Crippen LogP) is 1.74. The number of nitrogens with zero attached hydrogens (tertiary/aromatic N) is 1. The predicted molar refractivity (Wildman–Crippen MR) is 53.3 cm³/mol. The Morgan fingerprint density at radius 1 is 1.17 bits per heavy atom. The van der Waals surface area contributed by atoms with Crippen LogP contribution in [-0.2, 0) is 0 Å². The first-order chi connectivity index (χ1) is 5.78. The van der Waals surface area contributed by atoms with Gasteiger partial charge in [0.2, 0.25) is 0 Å². The quantitative estimate of drug-likeness (QED) is 0.634. The highest BCUT2D eigenvalue weighted by atomic mass is 16.3. The van der Waals surface area contributed by atoms with Gasteiger partial charge < -0.3 is 10.0 Å². The highest BCUT2D eigenvalue weighted by molar-refractivity contribution is 4.62. The highest BCUT2D eigenvalue weighted by Gasteiger charge is 2.08. The first-order valence-electron chi connectivity index (χ1n) is 5.11. The lowest BCUT2D eigenvalue weighted by Gasteiger charge is -2.23. The van der Waals surface area contributed by atoms with Crippen LogP contribution in [0.2, 0.25) is 0 Å². The molecule has 0 aromatic rings. The molecule has 74 valence electrons. The smallest absolute Gasteiger partial charge is 0.0434 e. The number of hydrogen-bond acceptors (Lipinski definition) is 2. The van der Waals surface area contributed by atoms with Crippen LogP contribution in [0.15, 0.2) is 0 Å². The zero-order valence-corrected chi connectivity index (χ0v) is 8.71. The third kappa shape index (κ3) is 4.73. The van der Waals surface area contributed by atoms with Crippen molar-refractivity contribution in [2.45, 2.75) is 33.6 Å². The minimum atomic E-state index is 0.333. The third-order valence-corrected chi connectivity index (χ3v) is 2.53. The molecule has 0 aromatic carbocycles. The molecular formula is C10H23NO. The molecule has 0 saturated carbocycles. The average Bonchev–Trinajstić information content (AvgIpc) is 2.12. The van der Waals surface area contributed by atoms with Crippen LogP contribution in [0.3, 0.4) is 0 Å². The van der Waals surface area contributed by atoms with Crippen LogP contribution in [0.1, 0.15) is 33.6 Å². The number of aliphatic hydroxyl groups is 1. The molecule has 0 aliphatic heterocycles. The van der Waals surface area contributed by atoms with Crippen molar-refractivity contribution in [3.63, 3.8) is 0 Å². The molecule has 0 amide bonds. The molecule has 0 radical (unpaired) electrons. The van der Waals surface area contributed by atoms with Gasteiger partial charge in [0, 0.05) is 13.2 Å². The largest absolute Gasteiger partial charge is 0.396 e. The van der Waals surface area contributed by atoms with Crippen LogP contribution in [0.4, 0.5) is 0 Å². The summed E-state index contributed by atoms with van der Waals surface area (Å²) in [5, 5.41) is 8.81. The molecule has 1 atom stereocenters. The summed E-state index contributed by atoms with van der Waals surface area (Å²) in [4.78, 5) is 2.42. The van der Waals surface area contributed by atoms with E-state index in [9.17, 15) is 0 Å². The van der Waals surface area contributed by atoms with Gasteiger partial charge >= 0.3 is 0 Å². The Hall–Kier alpha value is -0.0800. The van der Waals surface area contributed by atoms with Crippen molar-refractivity contribution in [1.82, 2.24) is 4.90 Å². The van der Waals surface area contributed by atoms with Gasteiger partial charge in [-0.05, 0) is 25.4 Å². The second kappa shape index (κ2) is 7.56. The molecule has 2 heteroatoms. The maximum Gasteiger partial charge on any atom is 0.0434 e. The molecule has 0 heterocycles. The van der Waals surface area contributed by atoms with E-state index in [4.69, 9.17) is 5.11 Å². The summed E-state index contributed by atoms with van der Waals surface area (Å²) < 4.78 is 0. The zero-order chi connectivity index (χ0) is 9.40. The normalized spacial score (nSPS) is 13.8. The molecule has 12 heavy (non-hydrogen) atoms. The van der Waals surface area contributed by atoms with Crippen molar-refractivity contribution in [2.24, 2.45) is 5.92 Å². The van der Waals surface area contributed by atoms with Gasteiger partial charge in [-0.3, -0.25) is 0 Å². The SMILES string of the molecule is CCC(CCO)CN(CC)CC. The first-order valence-corrected chi connectivity index (χ1v) is 5.11. The second-order valence-electron chi connectivity index (χ2n) is 3.27. The van der Waals surface area contributed by atoms with Crippen LogP contribution in [0, 0.1) is 5.92 Å². The lowest BCUT2D eigenvalue weighted by Crippen LogP contribution is -2.29. The molecule has 0 bridgehead atoms. The maximum atomic E-state index is 8.81. The molecule has 0 aliphatic rings. The van der Waals surface area contributed by atoms with E-state index in [0.717, 1.165) is 26.1 Å². The van der Waals surface area contributed by atoms with Crippen molar-refractivity contribution < 1.29 is 5.11 Å². The summed E-state index contributed by atoms with van der Waals surface area (Å²) >= 11 is 0. The summed E-state index contributed by atoms with van der Waals surface area (Å²) in [6.45, 7) is 10.3.